The maximum absolute atomic E-state index is 8.40. The molecule has 4 nitrogen and oxygen atoms in total. The molecule has 0 aliphatic carbocycles. The van der Waals surface area contributed by atoms with Crippen molar-refractivity contribution >= 4 is 0 Å². The van der Waals surface area contributed by atoms with Crippen LogP contribution in [0.1, 0.15) is 13.3 Å². The highest BCUT2D eigenvalue weighted by atomic mass is 16.5. The Bertz CT molecular complexity index is 71.4. The number of aliphatic hydroxyl groups excluding tert-OH is 2. The van der Waals surface area contributed by atoms with Crippen LogP contribution in [0.3, 0.4) is 0 Å². The molecule has 0 aromatic rings. The van der Waals surface area contributed by atoms with Crippen LogP contribution in [0, 0.1) is 5.92 Å². The topological polar surface area (TPSA) is 80.9 Å². The minimum Gasteiger partial charge on any atom is -0.368 e. The molecular weight excluding hydrogens is 124 g/mol. The van der Waals surface area contributed by atoms with Crippen molar-refractivity contribution in [3.63, 3.8) is 0 Å². The van der Waals surface area contributed by atoms with Gasteiger partial charge < -0.3 is 20.4 Å². The Hall–Kier alpha value is -0.160. The lowest BCUT2D eigenvalue weighted by atomic mass is 10.1. The molecule has 0 aliphatic rings. The van der Waals surface area contributed by atoms with Crippen LogP contribution < -0.4 is 0 Å². The lowest BCUT2D eigenvalue weighted by molar-refractivity contribution is -0.118. The molecule has 0 bridgehead atoms. The minimum absolute atomic E-state index is 0.0162. The summed E-state index contributed by atoms with van der Waals surface area (Å²) >= 11 is 0. The molecule has 0 amide bonds. The lowest BCUT2D eigenvalue weighted by Gasteiger charge is -2.13. The zero-order valence-corrected chi connectivity index (χ0v) is 5.23. The quantitative estimate of drug-likeness (QED) is 0.361. The van der Waals surface area contributed by atoms with Gasteiger partial charge in [0.15, 0.2) is 12.6 Å². The predicted octanol–water partition coefficient (Wildman–Crippen LogP) is -1.37. The molecule has 1 atom stereocenters. The van der Waals surface area contributed by atoms with Crippen molar-refractivity contribution in [2.24, 2.45) is 5.92 Å². The third-order valence-corrected chi connectivity index (χ3v) is 1.09. The first-order valence-corrected chi connectivity index (χ1v) is 2.76. The fourth-order valence-corrected chi connectivity index (χ4v) is 0.454. The van der Waals surface area contributed by atoms with Crippen LogP contribution in [-0.2, 0) is 0 Å². The highest BCUT2D eigenvalue weighted by molar-refractivity contribution is 4.53. The molecule has 56 valence electrons. The van der Waals surface area contributed by atoms with Gasteiger partial charge in [-0.05, 0) is 0 Å². The predicted molar refractivity (Wildman–Crippen MR) is 30.2 cm³/mol. The Morgan fingerprint density at radius 1 is 1.11 bits per heavy atom. The van der Waals surface area contributed by atoms with Gasteiger partial charge in [-0.3, -0.25) is 0 Å². The molecule has 0 saturated carbocycles. The molecule has 0 aromatic carbocycles. The first kappa shape index (κ1) is 8.84. The van der Waals surface area contributed by atoms with E-state index in [4.69, 9.17) is 20.4 Å². The Morgan fingerprint density at radius 3 is 1.67 bits per heavy atom. The third-order valence-electron chi connectivity index (χ3n) is 1.09. The maximum atomic E-state index is 8.40. The third kappa shape index (κ3) is 4.35. The second kappa shape index (κ2) is 3.79. The van der Waals surface area contributed by atoms with Gasteiger partial charge in [0.05, 0.1) is 0 Å². The first-order chi connectivity index (χ1) is 4.04. The normalized spacial score (nSPS) is 15.0. The van der Waals surface area contributed by atoms with Crippen molar-refractivity contribution in [3.8, 4) is 0 Å². The molecule has 0 fully saturated rings. The van der Waals surface area contributed by atoms with Crippen molar-refractivity contribution in [3.05, 3.63) is 0 Å². The van der Waals surface area contributed by atoms with Crippen molar-refractivity contribution < 1.29 is 20.4 Å². The second-order valence-electron chi connectivity index (χ2n) is 2.11. The Kier molecular flexibility index (Phi) is 3.72. The fourth-order valence-electron chi connectivity index (χ4n) is 0.454. The molecule has 0 heterocycles. The van der Waals surface area contributed by atoms with Crippen LogP contribution >= 0.6 is 0 Å². The van der Waals surface area contributed by atoms with Crippen LogP contribution in [0.4, 0.5) is 0 Å². The monoisotopic (exact) mass is 136 g/mol. The van der Waals surface area contributed by atoms with Crippen molar-refractivity contribution in [1.29, 1.82) is 0 Å². The van der Waals surface area contributed by atoms with E-state index >= 15 is 0 Å². The summed E-state index contributed by atoms with van der Waals surface area (Å²) in [5.74, 6) is -0.495. The van der Waals surface area contributed by atoms with E-state index in [-0.39, 0.29) is 6.42 Å². The average Bonchev–Trinajstić information content (AvgIpc) is 1.63. The SMILES string of the molecule is C[C@H](CC(O)O)C(O)O. The molecule has 0 rings (SSSR count). The second-order valence-corrected chi connectivity index (χ2v) is 2.11. The lowest BCUT2D eigenvalue weighted by Crippen LogP contribution is -2.21. The van der Waals surface area contributed by atoms with Crippen LogP contribution in [0.5, 0.6) is 0 Å². The fraction of sp³-hybridized carbons (Fsp3) is 1.00. The van der Waals surface area contributed by atoms with Crippen LogP contribution in [0.2, 0.25) is 0 Å². The number of aliphatic hydroxyl groups is 4. The Balaban J connectivity index is 3.38. The van der Waals surface area contributed by atoms with Gasteiger partial charge in [0.1, 0.15) is 0 Å². The number of hydrogen-bond acceptors (Lipinski definition) is 4. The van der Waals surface area contributed by atoms with Crippen molar-refractivity contribution in [1.82, 2.24) is 0 Å². The zero-order valence-electron chi connectivity index (χ0n) is 5.23. The molecule has 0 radical (unpaired) electrons. The highest BCUT2D eigenvalue weighted by Gasteiger charge is 2.13. The molecule has 4 heteroatoms. The molecule has 4 N–H and O–H groups in total. The van der Waals surface area contributed by atoms with Crippen LogP contribution in [0.15, 0.2) is 0 Å². The molecule has 0 unspecified atom stereocenters. The van der Waals surface area contributed by atoms with Gasteiger partial charge in [0, 0.05) is 12.3 Å². The summed E-state index contributed by atoms with van der Waals surface area (Å²) in [5.41, 5.74) is 0. The highest BCUT2D eigenvalue weighted by Crippen LogP contribution is 2.06. The number of hydrogen-bond donors (Lipinski definition) is 4. The summed E-state index contributed by atoms with van der Waals surface area (Å²) < 4.78 is 0. The largest absolute Gasteiger partial charge is 0.368 e. The van der Waals surface area contributed by atoms with E-state index in [1.165, 1.54) is 6.92 Å². The van der Waals surface area contributed by atoms with Gasteiger partial charge in [-0.15, -0.1) is 0 Å². The van der Waals surface area contributed by atoms with E-state index in [0.29, 0.717) is 0 Å². The van der Waals surface area contributed by atoms with Gasteiger partial charge >= 0.3 is 0 Å². The van der Waals surface area contributed by atoms with Crippen LogP contribution in [-0.4, -0.2) is 33.0 Å². The maximum Gasteiger partial charge on any atom is 0.154 e. The number of rotatable bonds is 3. The zero-order chi connectivity index (χ0) is 7.44. The summed E-state index contributed by atoms with van der Waals surface area (Å²) in [7, 11) is 0. The molecule has 0 aliphatic heterocycles. The van der Waals surface area contributed by atoms with Crippen LogP contribution in [0.25, 0.3) is 0 Å². The van der Waals surface area contributed by atoms with E-state index in [1.54, 1.807) is 0 Å². The van der Waals surface area contributed by atoms with E-state index in [1.807, 2.05) is 0 Å². The molecular formula is C5H12O4. The minimum atomic E-state index is -1.47. The summed E-state index contributed by atoms with van der Waals surface area (Å²) in [4.78, 5) is 0. The molecule has 0 aromatic heterocycles. The molecule has 9 heavy (non-hydrogen) atoms. The van der Waals surface area contributed by atoms with Gasteiger partial charge in [-0.2, -0.15) is 0 Å². The van der Waals surface area contributed by atoms with E-state index in [0.717, 1.165) is 0 Å². The Morgan fingerprint density at radius 2 is 1.56 bits per heavy atom. The first-order valence-electron chi connectivity index (χ1n) is 2.76. The van der Waals surface area contributed by atoms with Gasteiger partial charge in [0.2, 0.25) is 0 Å². The summed E-state index contributed by atoms with van der Waals surface area (Å²) in [5, 5.41) is 33.4. The van der Waals surface area contributed by atoms with E-state index in [2.05, 4.69) is 0 Å². The van der Waals surface area contributed by atoms with E-state index in [9.17, 15) is 0 Å². The van der Waals surface area contributed by atoms with Crippen molar-refractivity contribution in [2.75, 3.05) is 0 Å². The standard InChI is InChI=1S/C5H12O4/c1-3(5(8)9)2-4(6)7/h3-9H,2H2,1H3/t3-/m1/s1. The summed E-state index contributed by atoms with van der Waals surface area (Å²) in [6.45, 7) is 1.52. The summed E-state index contributed by atoms with van der Waals surface area (Å²) in [6.07, 6.45) is -2.94. The van der Waals surface area contributed by atoms with Crippen molar-refractivity contribution in [2.45, 2.75) is 25.9 Å². The van der Waals surface area contributed by atoms with Gasteiger partial charge in [-0.1, -0.05) is 6.92 Å². The van der Waals surface area contributed by atoms with E-state index < -0.39 is 18.5 Å². The smallest absolute Gasteiger partial charge is 0.154 e. The summed E-state index contributed by atoms with van der Waals surface area (Å²) in [6, 6.07) is 0. The average molecular weight is 136 g/mol. The Labute approximate surface area is 53.4 Å². The van der Waals surface area contributed by atoms with Gasteiger partial charge in [-0.25, -0.2) is 0 Å². The van der Waals surface area contributed by atoms with Gasteiger partial charge in [0.25, 0.3) is 0 Å². The molecule has 0 spiro atoms. The molecule has 0 saturated heterocycles.